The van der Waals surface area contributed by atoms with Crippen LogP contribution in [0.1, 0.15) is 19.4 Å². The van der Waals surface area contributed by atoms with Crippen LogP contribution in [-0.4, -0.2) is 49.1 Å². The Morgan fingerprint density at radius 2 is 1.63 bits per heavy atom. The van der Waals surface area contributed by atoms with Gasteiger partial charge in [-0.05, 0) is 43.7 Å². The largest absolute Gasteiger partial charge is 0.489 e. The molecule has 2 heterocycles. The first-order valence-electron chi connectivity index (χ1n) is 9.94. The summed E-state index contributed by atoms with van der Waals surface area (Å²) in [5.74, 6) is -0.233. The molecule has 1 saturated heterocycles. The van der Waals surface area contributed by atoms with E-state index in [0.717, 1.165) is 0 Å². The summed E-state index contributed by atoms with van der Waals surface area (Å²) in [6.45, 7) is 5.91. The molecule has 4 rings (SSSR count). The molecule has 0 aromatic heterocycles. The molecule has 156 valence electrons. The summed E-state index contributed by atoms with van der Waals surface area (Å²) in [5, 5.41) is 0.566. The standard InChI is InChI=1S/C23H23ClN2O4/c1-15(2)30-19-6-4-3-5-18(19)26-22(27)20(16-7-9-17(24)10-8-16)21(23(26)28)25-11-13-29-14-12-25/h3-10,15H,11-14H2,1-2H3. The van der Waals surface area contributed by atoms with E-state index in [0.29, 0.717) is 59.6 Å². The average molecular weight is 427 g/mol. The number of carbonyl (C=O) groups is 2. The van der Waals surface area contributed by atoms with Crippen LogP contribution in [0.25, 0.3) is 5.57 Å². The van der Waals surface area contributed by atoms with Gasteiger partial charge in [0.2, 0.25) is 0 Å². The minimum Gasteiger partial charge on any atom is -0.489 e. The molecule has 2 aliphatic heterocycles. The highest BCUT2D eigenvalue weighted by Crippen LogP contribution is 2.39. The molecule has 1 fully saturated rings. The van der Waals surface area contributed by atoms with E-state index >= 15 is 0 Å². The van der Waals surface area contributed by atoms with Gasteiger partial charge >= 0.3 is 0 Å². The molecule has 2 aromatic rings. The molecule has 2 amide bonds. The van der Waals surface area contributed by atoms with E-state index < -0.39 is 0 Å². The van der Waals surface area contributed by atoms with E-state index in [9.17, 15) is 9.59 Å². The third kappa shape index (κ3) is 3.80. The smallest absolute Gasteiger partial charge is 0.282 e. The first-order chi connectivity index (χ1) is 14.5. The highest BCUT2D eigenvalue weighted by atomic mass is 35.5. The van der Waals surface area contributed by atoms with Gasteiger partial charge in [0.15, 0.2) is 0 Å². The van der Waals surface area contributed by atoms with E-state index in [1.165, 1.54) is 4.90 Å². The minimum absolute atomic E-state index is 0.0960. The van der Waals surface area contributed by atoms with Crippen molar-refractivity contribution >= 4 is 34.7 Å². The van der Waals surface area contributed by atoms with Gasteiger partial charge in [0.25, 0.3) is 11.8 Å². The number of anilines is 1. The van der Waals surface area contributed by atoms with Gasteiger partial charge in [0.05, 0.1) is 30.6 Å². The average Bonchev–Trinajstić information content (AvgIpc) is 2.99. The van der Waals surface area contributed by atoms with Crippen molar-refractivity contribution in [1.82, 2.24) is 4.90 Å². The van der Waals surface area contributed by atoms with Crippen LogP contribution in [0.15, 0.2) is 54.2 Å². The highest BCUT2D eigenvalue weighted by Gasteiger charge is 2.43. The van der Waals surface area contributed by atoms with Crippen LogP contribution in [0.3, 0.4) is 0 Å². The summed E-state index contributed by atoms with van der Waals surface area (Å²) in [6, 6.07) is 14.1. The normalized spacial score (nSPS) is 17.3. The van der Waals surface area contributed by atoms with Crippen LogP contribution in [0, 0.1) is 0 Å². The fourth-order valence-electron chi connectivity index (χ4n) is 3.69. The molecule has 0 unspecified atom stereocenters. The monoisotopic (exact) mass is 426 g/mol. The van der Waals surface area contributed by atoms with Gasteiger partial charge in [-0.2, -0.15) is 0 Å². The van der Waals surface area contributed by atoms with Crippen molar-refractivity contribution in [3.63, 3.8) is 0 Å². The molecule has 0 aliphatic carbocycles. The molecule has 0 spiro atoms. The SMILES string of the molecule is CC(C)Oc1ccccc1N1C(=O)C(c2ccc(Cl)cc2)=C(N2CCOCC2)C1=O. The van der Waals surface area contributed by atoms with Gasteiger partial charge in [-0.3, -0.25) is 9.59 Å². The van der Waals surface area contributed by atoms with Crippen molar-refractivity contribution < 1.29 is 19.1 Å². The lowest BCUT2D eigenvalue weighted by atomic mass is 10.0. The highest BCUT2D eigenvalue weighted by molar-refractivity contribution is 6.45. The van der Waals surface area contributed by atoms with Gasteiger partial charge in [-0.25, -0.2) is 4.90 Å². The number of carbonyl (C=O) groups excluding carboxylic acids is 2. The Balaban J connectivity index is 1.82. The Morgan fingerprint density at radius 1 is 0.967 bits per heavy atom. The van der Waals surface area contributed by atoms with E-state index in [-0.39, 0.29) is 17.9 Å². The van der Waals surface area contributed by atoms with Crippen molar-refractivity contribution in [3.05, 3.63) is 64.8 Å². The molecule has 0 radical (unpaired) electrons. The lowest BCUT2D eigenvalue weighted by Crippen LogP contribution is -2.40. The van der Waals surface area contributed by atoms with Crippen molar-refractivity contribution in [2.75, 3.05) is 31.2 Å². The summed E-state index contributed by atoms with van der Waals surface area (Å²) in [6.07, 6.45) is -0.0960. The molecule has 0 bridgehead atoms. The van der Waals surface area contributed by atoms with Gasteiger partial charge < -0.3 is 14.4 Å². The maximum Gasteiger partial charge on any atom is 0.282 e. The number of hydrogen-bond acceptors (Lipinski definition) is 5. The Kier molecular flexibility index (Phi) is 5.79. The van der Waals surface area contributed by atoms with Crippen LogP contribution in [-0.2, 0) is 14.3 Å². The second kappa shape index (κ2) is 8.50. The first kappa shape index (κ1) is 20.4. The number of morpholine rings is 1. The van der Waals surface area contributed by atoms with E-state index in [1.807, 2.05) is 24.8 Å². The summed E-state index contributed by atoms with van der Waals surface area (Å²) in [5.41, 5.74) is 1.86. The zero-order chi connectivity index (χ0) is 21.3. The molecule has 0 saturated carbocycles. The van der Waals surface area contributed by atoms with Gasteiger partial charge in [0.1, 0.15) is 11.4 Å². The van der Waals surface area contributed by atoms with E-state index in [1.54, 1.807) is 42.5 Å². The van der Waals surface area contributed by atoms with Crippen molar-refractivity contribution in [3.8, 4) is 5.75 Å². The van der Waals surface area contributed by atoms with Crippen LogP contribution in [0.4, 0.5) is 5.69 Å². The Labute approximate surface area is 180 Å². The van der Waals surface area contributed by atoms with Crippen molar-refractivity contribution in [1.29, 1.82) is 0 Å². The predicted molar refractivity (Wildman–Crippen MR) is 115 cm³/mol. The van der Waals surface area contributed by atoms with E-state index in [2.05, 4.69) is 0 Å². The van der Waals surface area contributed by atoms with E-state index in [4.69, 9.17) is 21.1 Å². The van der Waals surface area contributed by atoms with Gasteiger partial charge in [-0.1, -0.05) is 35.9 Å². The Bertz CT molecular complexity index is 995. The third-order valence-electron chi connectivity index (χ3n) is 4.99. The number of benzene rings is 2. The quantitative estimate of drug-likeness (QED) is 0.681. The Hall–Kier alpha value is -2.83. The number of rotatable bonds is 5. The number of amides is 2. The number of nitrogens with zero attached hydrogens (tertiary/aromatic N) is 2. The number of para-hydroxylation sites is 2. The third-order valence-corrected chi connectivity index (χ3v) is 5.24. The first-order valence-corrected chi connectivity index (χ1v) is 10.3. The fourth-order valence-corrected chi connectivity index (χ4v) is 3.82. The molecular formula is C23H23ClN2O4. The molecule has 0 N–H and O–H groups in total. The van der Waals surface area contributed by atoms with Crippen LogP contribution >= 0.6 is 11.6 Å². The minimum atomic E-state index is -0.372. The maximum atomic E-state index is 13.6. The molecule has 2 aliphatic rings. The number of hydrogen-bond donors (Lipinski definition) is 0. The second-order valence-corrected chi connectivity index (χ2v) is 7.85. The summed E-state index contributed by atoms with van der Waals surface area (Å²) < 4.78 is 11.3. The van der Waals surface area contributed by atoms with Gasteiger partial charge in [0, 0.05) is 18.1 Å². The zero-order valence-electron chi connectivity index (χ0n) is 16.9. The van der Waals surface area contributed by atoms with Crippen molar-refractivity contribution in [2.45, 2.75) is 20.0 Å². The van der Waals surface area contributed by atoms with Crippen molar-refractivity contribution in [2.24, 2.45) is 0 Å². The zero-order valence-corrected chi connectivity index (χ0v) is 17.7. The van der Waals surface area contributed by atoms with Gasteiger partial charge in [-0.15, -0.1) is 0 Å². The fraction of sp³-hybridized carbons (Fsp3) is 0.304. The molecular weight excluding hydrogens is 404 g/mol. The Morgan fingerprint density at radius 3 is 2.30 bits per heavy atom. The lowest BCUT2D eigenvalue weighted by Gasteiger charge is -2.29. The number of halogens is 1. The molecule has 6 nitrogen and oxygen atoms in total. The van der Waals surface area contributed by atoms with Crippen LogP contribution in [0.5, 0.6) is 5.75 Å². The molecule has 0 atom stereocenters. The molecule has 2 aromatic carbocycles. The van der Waals surface area contributed by atoms with Crippen LogP contribution < -0.4 is 9.64 Å². The topological polar surface area (TPSA) is 59.1 Å². The summed E-state index contributed by atoms with van der Waals surface area (Å²) >= 11 is 6.04. The van der Waals surface area contributed by atoms with Crippen LogP contribution in [0.2, 0.25) is 5.02 Å². The summed E-state index contributed by atoms with van der Waals surface area (Å²) in [7, 11) is 0. The predicted octanol–water partition coefficient (Wildman–Crippen LogP) is 3.74. The lowest BCUT2D eigenvalue weighted by molar-refractivity contribution is -0.121. The number of ether oxygens (including phenoxy) is 2. The maximum absolute atomic E-state index is 13.6. The molecule has 30 heavy (non-hydrogen) atoms. The summed E-state index contributed by atoms with van der Waals surface area (Å²) in [4.78, 5) is 30.3. The number of imide groups is 1. The molecule has 7 heteroatoms. The second-order valence-electron chi connectivity index (χ2n) is 7.41.